The second-order valence-electron chi connectivity index (χ2n) is 8.49. The standard InChI is InChI=1S/C28H22FN7O3/c1-35-17-19(15-33-35)18-13-25(24(10-11-30)31-14-18)39-26-9-6-21(16-32-26)34-27(37)23-3-2-12-36(28(23)38)22-7-4-20(29)5-8-22/h2-9,11-17,30H,10H2,1H3,(H,34,37). The Balaban J connectivity index is 1.33. The number of nitrogens with one attached hydrogen (secondary N) is 2. The number of anilines is 1. The zero-order chi connectivity index (χ0) is 27.4. The highest BCUT2D eigenvalue weighted by atomic mass is 19.1. The Hall–Kier alpha value is -5.45. The van der Waals surface area contributed by atoms with Crippen LogP contribution in [-0.4, -0.2) is 36.4 Å². The number of aryl methyl sites for hydroxylation is 1. The molecule has 0 spiro atoms. The van der Waals surface area contributed by atoms with Crippen molar-refractivity contribution < 1.29 is 13.9 Å². The van der Waals surface area contributed by atoms with Gasteiger partial charge in [0, 0.05) is 61.2 Å². The molecule has 194 valence electrons. The first-order valence-electron chi connectivity index (χ1n) is 11.8. The fraction of sp³-hybridized carbons (Fsp3) is 0.0714. The Morgan fingerprint density at radius 1 is 1.08 bits per heavy atom. The molecular weight excluding hydrogens is 501 g/mol. The fourth-order valence-electron chi connectivity index (χ4n) is 3.84. The van der Waals surface area contributed by atoms with Crippen LogP contribution >= 0.6 is 0 Å². The molecule has 0 aliphatic rings. The van der Waals surface area contributed by atoms with Gasteiger partial charge in [0.25, 0.3) is 11.5 Å². The summed E-state index contributed by atoms with van der Waals surface area (Å²) >= 11 is 0. The van der Waals surface area contributed by atoms with Crippen molar-refractivity contribution in [3.05, 3.63) is 113 Å². The molecular formula is C28H22FN7O3. The lowest BCUT2D eigenvalue weighted by Gasteiger charge is -2.11. The molecule has 0 fully saturated rings. The van der Waals surface area contributed by atoms with Gasteiger partial charge in [-0.25, -0.2) is 9.37 Å². The number of rotatable bonds is 8. The number of benzene rings is 1. The van der Waals surface area contributed by atoms with E-state index in [2.05, 4.69) is 20.4 Å². The molecule has 10 nitrogen and oxygen atoms in total. The molecule has 0 saturated heterocycles. The number of pyridine rings is 3. The molecule has 4 aromatic heterocycles. The molecule has 0 saturated carbocycles. The van der Waals surface area contributed by atoms with Crippen LogP contribution in [0.1, 0.15) is 16.1 Å². The first-order valence-corrected chi connectivity index (χ1v) is 11.8. The van der Waals surface area contributed by atoms with E-state index >= 15 is 0 Å². The van der Waals surface area contributed by atoms with Gasteiger partial charge in [-0.1, -0.05) is 0 Å². The van der Waals surface area contributed by atoms with Gasteiger partial charge in [-0.3, -0.25) is 23.8 Å². The van der Waals surface area contributed by atoms with Crippen molar-refractivity contribution in [2.75, 3.05) is 5.32 Å². The van der Waals surface area contributed by atoms with E-state index in [0.717, 1.165) is 11.1 Å². The van der Waals surface area contributed by atoms with E-state index in [1.165, 1.54) is 53.5 Å². The highest BCUT2D eigenvalue weighted by Gasteiger charge is 2.15. The Labute approximate surface area is 221 Å². The number of carbonyl (C=O) groups is 1. The molecule has 0 aliphatic carbocycles. The Bertz CT molecular complexity index is 1710. The average Bonchev–Trinajstić information content (AvgIpc) is 3.38. The summed E-state index contributed by atoms with van der Waals surface area (Å²) in [5.74, 6) is -0.352. The van der Waals surface area contributed by atoms with Crippen molar-refractivity contribution in [3.8, 4) is 28.4 Å². The highest BCUT2D eigenvalue weighted by Crippen LogP contribution is 2.29. The fourth-order valence-corrected chi connectivity index (χ4v) is 3.84. The first-order chi connectivity index (χ1) is 18.9. The summed E-state index contributed by atoms with van der Waals surface area (Å²) < 4.78 is 22.2. The lowest BCUT2D eigenvalue weighted by atomic mass is 10.1. The van der Waals surface area contributed by atoms with E-state index in [4.69, 9.17) is 10.1 Å². The van der Waals surface area contributed by atoms with Gasteiger partial charge in [-0.15, -0.1) is 0 Å². The van der Waals surface area contributed by atoms with Gasteiger partial charge in [0.15, 0.2) is 5.75 Å². The number of amides is 1. The van der Waals surface area contributed by atoms with Gasteiger partial charge in [0.05, 0.1) is 23.8 Å². The molecule has 4 heterocycles. The van der Waals surface area contributed by atoms with Crippen LogP contribution in [0.15, 0.2) is 90.4 Å². The third-order valence-electron chi connectivity index (χ3n) is 5.77. The van der Waals surface area contributed by atoms with E-state index in [-0.39, 0.29) is 17.9 Å². The molecule has 11 heteroatoms. The average molecular weight is 524 g/mol. The maximum atomic E-state index is 13.3. The number of hydrogen-bond acceptors (Lipinski definition) is 7. The number of aromatic nitrogens is 5. The van der Waals surface area contributed by atoms with Crippen molar-refractivity contribution in [3.63, 3.8) is 0 Å². The zero-order valence-corrected chi connectivity index (χ0v) is 20.7. The Morgan fingerprint density at radius 3 is 2.59 bits per heavy atom. The van der Waals surface area contributed by atoms with Gasteiger partial charge < -0.3 is 15.5 Å². The molecule has 0 aliphatic heterocycles. The summed E-state index contributed by atoms with van der Waals surface area (Å²) in [7, 11) is 1.82. The monoisotopic (exact) mass is 523 g/mol. The second kappa shape index (κ2) is 10.9. The first kappa shape index (κ1) is 25.2. The van der Waals surface area contributed by atoms with E-state index in [1.807, 2.05) is 19.3 Å². The van der Waals surface area contributed by atoms with Gasteiger partial charge >= 0.3 is 0 Å². The SMILES string of the molecule is Cn1cc(-c2cnc(CC=N)c(Oc3ccc(NC(=O)c4cccn(-c5ccc(F)cc5)c4=O)cn3)c2)cn1. The number of ether oxygens (including phenoxy) is 1. The minimum absolute atomic E-state index is 0.0864. The summed E-state index contributed by atoms with van der Waals surface area (Å²) in [4.78, 5) is 34.5. The summed E-state index contributed by atoms with van der Waals surface area (Å²) in [6.07, 6.45) is 9.70. The zero-order valence-electron chi connectivity index (χ0n) is 20.7. The van der Waals surface area contributed by atoms with Crippen molar-refractivity contribution in [1.29, 1.82) is 5.41 Å². The quantitative estimate of drug-likeness (QED) is 0.290. The third-order valence-corrected chi connectivity index (χ3v) is 5.77. The normalized spacial score (nSPS) is 10.7. The molecule has 0 radical (unpaired) electrons. The van der Waals surface area contributed by atoms with Crippen molar-refractivity contribution in [1.82, 2.24) is 24.3 Å². The number of nitrogens with zero attached hydrogens (tertiary/aromatic N) is 5. The smallest absolute Gasteiger partial charge is 0.267 e. The molecule has 2 N–H and O–H groups in total. The van der Waals surface area contributed by atoms with E-state index in [9.17, 15) is 14.0 Å². The van der Waals surface area contributed by atoms with Crippen LogP contribution in [0.5, 0.6) is 11.6 Å². The molecule has 5 rings (SSSR count). The predicted octanol–water partition coefficient (Wildman–Crippen LogP) is 4.40. The van der Waals surface area contributed by atoms with Crippen LogP contribution in [0.25, 0.3) is 16.8 Å². The summed E-state index contributed by atoms with van der Waals surface area (Å²) in [5, 5.41) is 14.3. The number of carbonyl (C=O) groups excluding carboxylic acids is 1. The number of hydrogen-bond donors (Lipinski definition) is 2. The lowest BCUT2D eigenvalue weighted by Crippen LogP contribution is -2.27. The third kappa shape index (κ3) is 5.62. The summed E-state index contributed by atoms with van der Waals surface area (Å²) in [6.45, 7) is 0. The van der Waals surface area contributed by atoms with Gasteiger partial charge in [0.1, 0.15) is 11.4 Å². The Morgan fingerprint density at radius 2 is 1.90 bits per heavy atom. The predicted molar refractivity (Wildman–Crippen MR) is 143 cm³/mol. The molecule has 0 unspecified atom stereocenters. The van der Waals surface area contributed by atoms with Crippen LogP contribution in [0, 0.1) is 11.2 Å². The van der Waals surface area contributed by atoms with Crippen molar-refractivity contribution >= 4 is 17.8 Å². The topological polar surface area (TPSA) is 128 Å². The van der Waals surface area contributed by atoms with Gasteiger partial charge in [-0.05, 0) is 48.5 Å². The van der Waals surface area contributed by atoms with Crippen molar-refractivity contribution in [2.45, 2.75) is 6.42 Å². The summed E-state index contributed by atoms with van der Waals surface area (Å²) in [6, 6.07) is 13.3. The van der Waals surface area contributed by atoms with Crippen LogP contribution in [0.3, 0.4) is 0 Å². The minimum atomic E-state index is -0.617. The summed E-state index contributed by atoms with van der Waals surface area (Å²) in [5.41, 5.74) is 2.38. The van der Waals surface area contributed by atoms with Gasteiger partial charge in [0.2, 0.25) is 5.88 Å². The largest absolute Gasteiger partial charge is 0.437 e. The molecule has 39 heavy (non-hydrogen) atoms. The maximum absolute atomic E-state index is 13.3. The second-order valence-corrected chi connectivity index (χ2v) is 8.49. The van der Waals surface area contributed by atoms with Crippen LogP contribution in [-0.2, 0) is 13.5 Å². The van der Waals surface area contributed by atoms with Crippen LogP contribution in [0.2, 0.25) is 0 Å². The van der Waals surface area contributed by atoms with Crippen molar-refractivity contribution in [2.24, 2.45) is 7.05 Å². The van der Waals surface area contributed by atoms with E-state index in [1.54, 1.807) is 35.3 Å². The molecule has 0 bridgehead atoms. The molecule has 5 aromatic rings. The molecule has 1 aromatic carbocycles. The highest BCUT2D eigenvalue weighted by molar-refractivity contribution is 6.03. The molecule has 0 atom stereocenters. The van der Waals surface area contributed by atoms with Crippen LogP contribution < -0.4 is 15.6 Å². The minimum Gasteiger partial charge on any atom is -0.437 e. The maximum Gasteiger partial charge on any atom is 0.267 e. The van der Waals surface area contributed by atoms with Crippen LogP contribution in [0.4, 0.5) is 10.1 Å². The lowest BCUT2D eigenvalue weighted by molar-refractivity contribution is 0.102. The number of halogens is 1. The van der Waals surface area contributed by atoms with Gasteiger partial charge in [-0.2, -0.15) is 5.10 Å². The van der Waals surface area contributed by atoms with E-state index < -0.39 is 17.3 Å². The van der Waals surface area contributed by atoms with E-state index in [0.29, 0.717) is 22.8 Å². The Kier molecular flexibility index (Phi) is 7.04. The molecule has 1 amide bonds.